The van der Waals surface area contributed by atoms with Crippen molar-refractivity contribution in [1.29, 1.82) is 0 Å². The largest absolute Gasteiger partial charge is 0.481 e. The molecule has 13 heteroatoms. The van der Waals surface area contributed by atoms with Crippen molar-refractivity contribution in [2.75, 3.05) is 0 Å². The molecule has 0 rings (SSSR count). The molecule has 0 aromatic heterocycles. The van der Waals surface area contributed by atoms with Gasteiger partial charge in [0.15, 0.2) is 0 Å². The quantitative estimate of drug-likeness (QED) is 0.137. The number of nitrogens with two attached hydrogens (primary N) is 2. The lowest BCUT2D eigenvalue weighted by Crippen LogP contribution is -2.57. The number of carboxylic acids is 2. The van der Waals surface area contributed by atoms with Crippen LogP contribution in [0.3, 0.4) is 0 Å². The number of hydrogen-bond acceptors (Lipinski definition) is 7. The Hall–Kier alpha value is -3.22. The zero-order valence-corrected chi connectivity index (χ0v) is 20.0. The van der Waals surface area contributed by atoms with E-state index in [1.54, 1.807) is 13.8 Å². The van der Waals surface area contributed by atoms with E-state index in [2.05, 4.69) is 16.0 Å². The molecule has 0 aliphatic rings. The molecule has 0 spiro atoms. The highest BCUT2D eigenvalue weighted by Gasteiger charge is 2.31. The average Bonchev–Trinajstić information content (AvgIpc) is 2.68. The third-order valence-electron chi connectivity index (χ3n) is 4.71. The van der Waals surface area contributed by atoms with Gasteiger partial charge >= 0.3 is 11.9 Å². The Labute approximate surface area is 198 Å². The van der Waals surface area contributed by atoms with Crippen molar-refractivity contribution in [2.24, 2.45) is 23.3 Å². The molecule has 0 bridgehead atoms. The number of aliphatic carboxylic acids is 2. The Morgan fingerprint density at radius 2 is 1.15 bits per heavy atom. The topological polar surface area (TPSA) is 231 Å². The van der Waals surface area contributed by atoms with Crippen molar-refractivity contribution in [3.05, 3.63) is 0 Å². The summed E-state index contributed by atoms with van der Waals surface area (Å²) >= 11 is 0. The first kappa shape index (κ1) is 30.8. The van der Waals surface area contributed by atoms with Crippen LogP contribution in [0.15, 0.2) is 0 Å². The number of carboxylic acid groups (broad SMARTS) is 2. The van der Waals surface area contributed by atoms with Crippen LogP contribution in [0.2, 0.25) is 0 Å². The lowest BCUT2D eigenvalue weighted by molar-refractivity contribution is -0.147. The third kappa shape index (κ3) is 12.7. The maximum Gasteiger partial charge on any atom is 0.326 e. The van der Waals surface area contributed by atoms with Gasteiger partial charge in [0.2, 0.25) is 23.6 Å². The zero-order valence-electron chi connectivity index (χ0n) is 20.0. The Kier molecular flexibility index (Phi) is 13.4. The minimum Gasteiger partial charge on any atom is -0.481 e. The summed E-state index contributed by atoms with van der Waals surface area (Å²) in [5.74, 6) is -5.88. The van der Waals surface area contributed by atoms with E-state index in [0.29, 0.717) is 0 Å². The fourth-order valence-electron chi connectivity index (χ4n) is 3.03. The highest BCUT2D eigenvalue weighted by Crippen LogP contribution is 2.10. The monoisotopic (exact) mass is 487 g/mol. The maximum atomic E-state index is 13.0. The number of carbonyl (C=O) groups is 6. The zero-order chi connectivity index (χ0) is 26.6. The molecule has 0 fully saturated rings. The summed E-state index contributed by atoms with van der Waals surface area (Å²) in [6.45, 7) is 7.20. The second-order valence-corrected chi connectivity index (χ2v) is 8.99. The summed E-state index contributed by atoms with van der Waals surface area (Å²) in [6.07, 6.45) is -0.591. The van der Waals surface area contributed by atoms with Crippen LogP contribution in [0.25, 0.3) is 0 Å². The predicted octanol–water partition coefficient (Wildman–Crippen LogP) is -1.31. The van der Waals surface area contributed by atoms with Crippen molar-refractivity contribution < 1.29 is 39.0 Å². The minimum atomic E-state index is -1.68. The SMILES string of the molecule is CC(C)CC(NC(=O)C(N)CCC(N)=O)C(=O)NC(CC(C)C)C(=O)NC(CC(=O)O)C(=O)O. The van der Waals surface area contributed by atoms with E-state index in [4.69, 9.17) is 16.6 Å². The Morgan fingerprint density at radius 3 is 1.50 bits per heavy atom. The number of amides is 4. The molecule has 0 heterocycles. The number of primary amides is 1. The molecule has 0 aromatic carbocycles. The van der Waals surface area contributed by atoms with E-state index in [1.165, 1.54) is 0 Å². The van der Waals surface area contributed by atoms with Gasteiger partial charge in [-0.2, -0.15) is 0 Å². The number of hydrogen-bond donors (Lipinski definition) is 7. The normalized spacial score (nSPS) is 14.6. The van der Waals surface area contributed by atoms with E-state index >= 15 is 0 Å². The maximum absolute atomic E-state index is 13.0. The summed E-state index contributed by atoms with van der Waals surface area (Å²) in [4.78, 5) is 71.2. The fraction of sp³-hybridized carbons (Fsp3) is 0.714. The van der Waals surface area contributed by atoms with E-state index in [-0.39, 0.29) is 37.5 Å². The van der Waals surface area contributed by atoms with Crippen LogP contribution in [0.4, 0.5) is 0 Å². The fourth-order valence-corrected chi connectivity index (χ4v) is 3.03. The van der Waals surface area contributed by atoms with Crippen molar-refractivity contribution in [3.8, 4) is 0 Å². The van der Waals surface area contributed by atoms with Crippen LogP contribution in [-0.2, 0) is 28.8 Å². The molecule has 0 saturated carbocycles. The van der Waals surface area contributed by atoms with Gasteiger partial charge in [0.1, 0.15) is 18.1 Å². The predicted molar refractivity (Wildman–Crippen MR) is 121 cm³/mol. The minimum absolute atomic E-state index is 0.00425. The first-order valence-corrected chi connectivity index (χ1v) is 11.0. The number of carbonyl (C=O) groups excluding carboxylic acids is 4. The summed E-state index contributed by atoms with van der Waals surface area (Å²) in [5.41, 5.74) is 10.8. The van der Waals surface area contributed by atoms with Gasteiger partial charge in [-0.3, -0.25) is 24.0 Å². The molecule has 0 aromatic rings. The van der Waals surface area contributed by atoms with Gasteiger partial charge in [-0.25, -0.2) is 4.79 Å². The molecule has 194 valence electrons. The van der Waals surface area contributed by atoms with Crippen LogP contribution < -0.4 is 27.4 Å². The van der Waals surface area contributed by atoms with Crippen molar-refractivity contribution in [2.45, 2.75) is 84.0 Å². The average molecular weight is 488 g/mol. The van der Waals surface area contributed by atoms with Gasteiger partial charge in [0, 0.05) is 6.42 Å². The van der Waals surface area contributed by atoms with Crippen molar-refractivity contribution in [3.63, 3.8) is 0 Å². The second kappa shape index (κ2) is 14.8. The number of rotatable bonds is 16. The Morgan fingerprint density at radius 1 is 0.735 bits per heavy atom. The summed E-state index contributed by atoms with van der Waals surface area (Å²) in [6, 6.07) is -4.97. The first-order valence-electron chi connectivity index (χ1n) is 11.0. The molecule has 9 N–H and O–H groups in total. The number of nitrogens with one attached hydrogen (secondary N) is 3. The molecular formula is C21H37N5O8. The molecular weight excluding hydrogens is 450 g/mol. The first-order chi connectivity index (χ1) is 15.6. The van der Waals surface area contributed by atoms with Gasteiger partial charge < -0.3 is 37.6 Å². The third-order valence-corrected chi connectivity index (χ3v) is 4.71. The van der Waals surface area contributed by atoms with Crippen molar-refractivity contribution in [1.82, 2.24) is 16.0 Å². The van der Waals surface area contributed by atoms with Gasteiger partial charge in [-0.1, -0.05) is 27.7 Å². The summed E-state index contributed by atoms with van der Waals surface area (Å²) in [7, 11) is 0. The highest BCUT2D eigenvalue weighted by molar-refractivity contribution is 5.94. The van der Waals surface area contributed by atoms with E-state index in [0.717, 1.165) is 0 Å². The van der Waals surface area contributed by atoms with E-state index in [1.807, 2.05) is 13.8 Å². The van der Waals surface area contributed by atoms with Gasteiger partial charge in [-0.05, 0) is 31.1 Å². The Balaban J connectivity index is 5.50. The van der Waals surface area contributed by atoms with Crippen LogP contribution in [0.1, 0.15) is 59.8 Å². The standard InChI is InChI=1S/C21H37N5O8/c1-10(2)7-13(24-18(30)12(22)5-6-16(23)27)19(31)25-14(8-11(3)4)20(32)26-15(21(33)34)9-17(28)29/h10-15H,5-9,22H2,1-4H3,(H2,23,27)(H,24,30)(H,25,31)(H,26,32)(H,28,29)(H,33,34). The van der Waals surface area contributed by atoms with Crippen LogP contribution in [0.5, 0.6) is 0 Å². The smallest absolute Gasteiger partial charge is 0.326 e. The van der Waals surface area contributed by atoms with Gasteiger partial charge in [-0.15, -0.1) is 0 Å². The van der Waals surface area contributed by atoms with Crippen LogP contribution in [-0.4, -0.2) is 69.9 Å². The van der Waals surface area contributed by atoms with E-state index < -0.39 is 66.2 Å². The second-order valence-electron chi connectivity index (χ2n) is 8.99. The molecule has 4 amide bonds. The summed E-state index contributed by atoms with van der Waals surface area (Å²) in [5, 5.41) is 25.2. The lowest BCUT2D eigenvalue weighted by Gasteiger charge is -2.26. The molecule has 4 atom stereocenters. The van der Waals surface area contributed by atoms with Gasteiger partial charge in [0.05, 0.1) is 12.5 Å². The summed E-state index contributed by atoms with van der Waals surface area (Å²) < 4.78 is 0. The van der Waals surface area contributed by atoms with Crippen LogP contribution in [0, 0.1) is 11.8 Å². The highest BCUT2D eigenvalue weighted by atomic mass is 16.4. The molecule has 0 saturated heterocycles. The van der Waals surface area contributed by atoms with Gasteiger partial charge in [0.25, 0.3) is 0 Å². The Bertz CT molecular complexity index is 755. The van der Waals surface area contributed by atoms with E-state index in [9.17, 15) is 33.9 Å². The molecule has 0 aliphatic heterocycles. The molecule has 34 heavy (non-hydrogen) atoms. The molecule has 0 aliphatic carbocycles. The van der Waals surface area contributed by atoms with Crippen molar-refractivity contribution >= 4 is 35.6 Å². The van der Waals surface area contributed by atoms with Crippen LogP contribution >= 0.6 is 0 Å². The molecule has 4 unspecified atom stereocenters. The molecule has 13 nitrogen and oxygen atoms in total. The molecule has 0 radical (unpaired) electrons. The lowest BCUT2D eigenvalue weighted by atomic mass is 9.99.